The molecular weight excluding hydrogens is 160 g/mol. The van der Waals surface area contributed by atoms with Gasteiger partial charge in [0.15, 0.2) is 0 Å². The summed E-state index contributed by atoms with van der Waals surface area (Å²) in [5.74, 6) is 0.881. The van der Waals surface area contributed by atoms with Crippen LogP contribution in [0.4, 0.5) is 0 Å². The van der Waals surface area contributed by atoms with Crippen molar-refractivity contribution in [2.24, 2.45) is 5.92 Å². The van der Waals surface area contributed by atoms with E-state index in [4.69, 9.17) is 0 Å². The van der Waals surface area contributed by atoms with Crippen molar-refractivity contribution in [1.29, 1.82) is 0 Å². The van der Waals surface area contributed by atoms with Crippen LogP contribution in [0.15, 0.2) is 0 Å². The number of hydrogen-bond donors (Lipinski definition) is 2. The van der Waals surface area contributed by atoms with Gasteiger partial charge in [0.25, 0.3) is 0 Å². The van der Waals surface area contributed by atoms with Gasteiger partial charge in [0.1, 0.15) is 0 Å². The molecule has 0 aliphatic heterocycles. The van der Waals surface area contributed by atoms with E-state index in [1.165, 1.54) is 45.2 Å². The van der Waals surface area contributed by atoms with E-state index in [0.717, 1.165) is 12.0 Å². The van der Waals surface area contributed by atoms with Gasteiger partial charge < -0.3 is 10.6 Å². The molecule has 0 aromatic rings. The summed E-state index contributed by atoms with van der Waals surface area (Å²) in [5, 5.41) is 6.82. The molecule has 78 valence electrons. The highest BCUT2D eigenvalue weighted by Gasteiger charge is 2.19. The molecule has 0 amide bonds. The highest BCUT2D eigenvalue weighted by atomic mass is 14.9. The predicted octanol–water partition coefficient (Wildman–Crippen LogP) is 1.76. The zero-order chi connectivity index (χ0) is 9.52. The van der Waals surface area contributed by atoms with Gasteiger partial charge in [-0.3, -0.25) is 0 Å². The van der Waals surface area contributed by atoms with Crippen molar-refractivity contribution in [1.82, 2.24) is 10.6 Å². The molecule has 0 bridgehead atoms. The Kier molecular flexibility index (Phi) is 5.40. The zero-order valence-electron chi connectivity index (χ0n) is 9.10. The molecule has 1 saturated carbocycles. The van der Waals surface area contributed by atoms with Gasteiger partial charge in [0.05, 0.1) is 0 Å². The van der Waals surface area contributed by atoms with Gasteiger partial charge in [-0.25, -0.2) is 0 Å². The maximum atomic E-state index is 3.56. The quantitative estimate of drug-likeness (QED) is 0.562. The Hall–Kier alpha value is -0.0800. The third-order valence-corrected chi connectivity index (χ3v) is 2.87. The monoisotopic (exact) mass is 184 g/mol. The standard InChI is InChI=1S/C11H24N2/c1-3-10(9-12-2)5-4-8-13-11-6-7-11/h10-13H,3-9H2,1-2H3. The SMILES string of the molecule is CCC(CCCNC1CC1)CNC. The second kappa shape index (κ2) is 6.39. The molecule has 2 N–H and O–H groups in total. The molecule has 1 unspecified atom stereocenters. The normalized spacial score (nSPS) is 18.9. The summed E-state index contributed by atoms with van der Waals surface area (Å²) in [7, 11) is 2.05. The molecule has 1 fully saturated rings. The first-order chi connectivity index (χ1) is 6.36. The molecule has 0 radical (unpaired) electrons. The Morgan fingerprint density at radius 1 is 1.38 bits per heavy atom. The van der Waals surface area contributed by atoms with Crippen LogP contribution in [0.25, 0.3) is 0 Å². The Labute approximate surface area is 82.5 Å². The molecule has 1 atom stereocenters. The Morgan fingerprint density at radius 2 is 2.15 bits per heavy atom. The maximum absolute atomic E-state index is 3.56. The lowest BCUT2D eigenvalue weighted by atomic mass is 10.0. The number of nitrogens with one attached hydrogen (secondary N) is 2. The van der Waals surface area contributed by atoms with Crippen molar-refractivity contribution in [3.8, 4) is 0 Å². The molecule has 1 aliphatic carbocycles. The minimum absolute atomic E-state index is 0.879. The first-order valence-electron chi connectivity index (χ1n) is 5.74. The second-order valence-electron chi connectivity index (χ2n) is 4.20. The van der Waals surface area contributed by atoms with E-state index in [-0.39, 0.29) is 0 Å². The summed E-state index contributed by atoms with van der Waals surface area (Å²) < 4.78 is 0. The van der Waals surface area contributed by atoms with Gasteiger partial charge in [-0.2, -0.15) is 0 Å². The minimum Gasteiger partial charge on any atom is -0.319 e. The van der Waals surface area contributed by atoms with Gasteiger partial charge in [-0.1, -0.05) is 13.3 Å². The predicted molar refractivity (Wildman–Crippen MR) is 58.0 cm³/mol. The van der Waals surface area contributed by atoms with Crippen LogP contribution in [0.5, 0.6) is 0 Å². The molecule has 0 heterocycles. The van der Waals surface area contributed by atoms with Crippen LogP contribution >= 0.6 is 0 Å². The first-order valence-corrected chi connectivity index (χ1v) is 5.74. The third kappa shape index (κ3) is 5.27. The van der Waals surface area contributed by atoms with Crippen LogP contribution in [0.1, 0.15) is 39.0 Å². The van der Waals surface area contributed by atoms with E-state index in [1.807, 2.05) is 7.05 Å². The van der Waals surface area contributed by atoms with Crippen LogP contribution in [-0.2, 0) is 0 Å². The summed E-state index contributed by atoms with van der Waals surface area (Å²) in [6.07, 6.45) is 6.85. The topological polar surface area (TPSA) is 24.1 Å². The lowest BCUT2D eigenvalue weighted by Crippen LogP contribution is -2.21. The molecular formula is C11H24N2. The highest BCUT2D eigenvalue weighted by Crippen LogP contribution is 2.18. The largest absolute Gasteiger partial charge is 0.319 e. The Bertz CT molecular complexity index is 121. The van der Waals surface area contributed by atoms with Crippen LogP contribution in [0.3, 0.4) is 0 Å². The van der Waals surface area contributed by atoms with Gasteiger partial charge in [-0.15, -0.1) is 0 Å². The number of hydrogen-bond acceptors (Lipinski definition) is 2. The molecule has 2 heteroatoms. The first kappa shape index (κ1) is 11.0. The van der Waals surface area contributed by atoms with Crippen LogP contribution in [0, 0.1) is 5.92 Å². The fourth-order valence-electron chi connectivity index (χ4n) is 1.72. The Balaban J connectivity index is 1.88. The van der Waals surface area contributed by atoms with Gasteiger partial charge in [-0.05, 0) is 51.7 Å². The molecule has 0 aromatic carbocycles. The van der Waals surface area contributed by atoms with E-state index in [2.05, 4.69) is 17.6 Å². The lowest BCUT2D eigenvalue weighted by molar-refractivity contribution is 0.429. The molecule has 1 aliphatic rings. The van der Waals surface area contributed by atoms with Crippen molar-refractivity contribution in [2.45, 2.75) is 45.1 Å². The summed E-state index contributed by atoms with van der Waals surface area (Å²) in [5.41, 5.74) is 0. The maximum Gasteiger partial charge on any atom is 0.00682 e. The fraction of sp³-hybridized carbons (Fsp3) is 1.00. The lowest BCUT2D eigenvalue weighted by Gasteiger charge is -2.13. The van der Waals surface area contributed by atoms with Crippen LogP contribution < -0.4 is 10.6 Å². The average molecular weight is 184 g/mol. The van der Waals surface area contributed by atoms with E-state index in [1.54, 1.807) is 0 Å². The van der Waals surface area contributed by atoms with E-state index >= 15 is 0 Å². The van der Waals surface area contributed by atoms with Crippen LogP contribution in [0.2, 0.25) is 0 Å². The van der Waals surface area contributed by atoms with E-state index in [9.17, 15) is 0 Å². The van der Waals surface area contributed by atoms with Crippen molar-refractivity contribution < 1.29 is 0 Å². The summed E-state index contributed by atoms with van der Waals surface area (Å²) in [4.78, 5) is 0. The zero-order valence-corrected chi connectivity index (χ0v) is 9.10. The van der Waals surface area contributed by atoms with Gasteiger partial charge in [0, 0.05) is 6.04 Å². The molecule has 2 nitrogen and oxygen atoms in total. The van der Waals surface area contributed by atoms with Crippen molar-refractivity contribution in [2.75, 3.05) is 20.1 Å². The molecule has 0 saturated heterocycles. The third-order valence-electron chi connectivity index (χ3n) is 2.87. The van der Waals surface area contributed by atoms with Crippen LogP contribution in [-0.4, -0.2) is 26.2 Å². The van der Waals surface area contributed by atoms with Crippen molar-refractivity contribution in [3.05, 3.63) is 0 Å². The van der Waals surface area contributed by atoms with Crippen molar-refractivity contribution in [3.63, 3.8) is 0 Å². The van der Waals surface area contributed by atoms with Gasteiger partial charge >= 0.3 is 0 Å². The fourth-order valence-corrected chi connectivity index (χ4v) is 1.72. The molecule has 1 rings (SSSR count). The van der Waals surface area contributed by atoms with E-state index < -0.39 is 0 Å². The van der Waals surface area contributed by atoms with E-state index in [0.29, 0.717) is 0 Å². The number of rotatable bonds is 8. The second-order valence-corrected chi connectivity index (χ2v) is 4.20. The Morgan fingerprint density at radius 3 is 2.69 bits per heavy atom. The molecule has 0 aromatic heterocycles. The average Bonchev–Trinajstić information content (AvgIpc) is 2.94. The minimum atomic E-state index is 0.879. The molecule has 0 spiro atoms. The summed E-state index contributed by atoms with van der Waals surface area (Å²) >= 11 is 0. The van der Waals surface area contributed by atoms with Crippen molar-refractivity contribution >= 4 is 0 Å². The molecule has 13 heavy (non-hydrogen) atoms. The van der Waals surface area contributed by atoms with Gasteiger partial charge in [0.2, 0.25) is 0 Å². The summed E-state index contributed by atoms with van der Waals surface area (Å²) in [6.45, 7) is 4.70. The smallest absolute Gasteiger partial charge is 0.00682 e. The summed E-state index contributed by atoms with van der Waals surface area (Å²) in [6, 6.07) is 0.879. The highest BCUT2D eigenvalue weighted by molar-refractivity contribution is 4.80.